The minimum atomic E-state index is 0. The Kier molecular flexibility index (Phi) is 5.32. The number of hydrogen-bond donors (Lipinski definition) is 1. The standard InChI is InChI=1S/C13H17NO2.ClH/c1-2-3-4-11(14)10-5-6-12-13(9-10)16-8-7-15-12;/h2,5-6,9,11H,1,3-4,7-8,14H2;1H/t11-;/m0./s1. The van der Waals surface area contributed by atoms with Crippen molar-refractivity contribution in [1.29, 1.82) is 0 Å². The average Bonchev–Trinajstić information content (AvgIpc) is 2.35. The molecule has 0 amide bonds. The van der Waals surface area contributed by atoms with Crippen molar-refractivity contribution in [1.82, 2.24) is 0 Å². The van der Waals surface area contributed by atoms with E-state index in [1.54, 1.807) is 0 Å². The van der Waals surface area contributed by atoms with E-state index in [9.17, 15) is 0 Å². The molecule has 0 spiro atoms. The molecule has 0 saturated heterocycles. The molecule has 1 aromatic carbocycles. The van der Waals surface area contributed by atoms with E-state index in [2.05, 4.69) is 6.58 Å². The minimum absolute atomic E-state index is 0. The fraction of sp³-hybridized carbons (Fsp3) is 0.385. The lowest BCUT2D eigenvalue weighted by molar-refractivity contribution is 0.171. The molecule has 1 heterocycles. The highest BCUT2D eigenvalue weighted by molar-refractivity contribution is 5.85. The van der Waals surface area contributed by atoms with Gasteiger partial charge in [0, 0.05) is 6.04 Å². The summed E-state index contributed by atoms with van der Waals surface area (Å²) in [5, 5.41) is 0. The normalized spacial score (nSPS) is 14.6. The van der Waals surface area contributed by atoms with Crippen LogP contribution in [0.25, 0.3) is 0 Å². The summed E-state index contributed by atoms with van der Waals surface area (Å²) in [6, 6.07) is 5.94. The molecule has 3 nitrogen and oxygen atoms in total. The third-order valence-corrected chi connectivity index (χ3v) is 2.68. The van der Waals surface area contributed by atoms with Gasteiger partial charge >= 0.3 is 0 Å². The van der Waals surface area contributed by atoms with Crippen LogP contribution in [0.1, 0.15) is 24.4 Å². The number of hydrogen-bond acceptors (Lipinski definition) is 3. The van der Waals surface area contributed by atoms with Crippen molar-refractivity contribution >= 4 is 12.4 Å². The summed E-state index contributed by atoms with van der Waals surface area (Å²) in [4.78, 5) is 0. The van der Waals surface area contributed by atoms with Crippen LogP contribution in [0, 0.1) is 0 Å². The number of allylic oxidation sites excluding steroid dienone is 1. The van der Waals surface area contributed by atoms with Gasteiger partial charge in [0.25, 0.3) is 0 Å². The molecule has 0 aromatic heterocycles. The average molecular weight is 256 g/mol. The van der Waals surface area contributed by atoms with Crippen LogP contribution in [-0.4, -0.2) is 13.2 Å². The van der Waals surface area contributed by atoms with Crippen LogP contribution in [-0.2, 0) is 0 Å². The zero-order valence-corrected chi connectivity index (χ0v) is 10.5. The van der Waals surface area contributed by atoms with E-state index in [0.29, 0.717) is 13.2 Å². The Morgan fingerprint density at radius 1 is 1.29 bits per heavy atom. The number of halogens is 1. The lowest BCUT2D eigenvalue weighted by Gasteiger charge is -2.20. The SMILES string of the molecule is C=CCC[C@H](N)c1ccc2c(c1)OCCO2.Cl. The minimum Gasteiger partial charge on any atom is -0.486 e. The van der Waals surface area contributed by atoms with Crippen molar-refractivity contribution in [2.45, 2.75) is 18.9 Å². The maximum Gasteiger partial charge on any atom is 0.161 e. The molecule has 17 heavy (non-hydrogen) atoms. The molecule has 0 radical (unpaired) electrons. The van der Waals surface area contributed by atoms with Crippen LogP contribution < -0.4 is 15.2 Å². The highest BCUT2D eigenvalue weighted by Crippen LogP contribution is 2.32. The van der Waals surface area contributed by atoms with Gasteiger partial charge in [-0.25, -0.2) is 0 Å². The van der Waals surface area contributed by atoms with Gasteiger partial charge in [-0.05, 0) is 30.5 Å². The Balaban J connectivity index is 0.00000144. The first-order chi connectivity index (χ1) is 7.81. The van der Waals surface area contributed by atoms with Crippen molar-refractivity contribution < 1.29 is 9.47 Å². The number of fused-ring (bicyclic) bond motifs is 1. The molecule has 94 valence electrons. The lowest BCUT2D eigenvalue weighted by atomic mass is 10.0. The fourth-order valence-electron chi connectivity index (χ4n) is 1.75. The van der Waals surface area contributed by atoms with Gasteiger partial charge in [0.2, 0.25) is 0 Å². The summed E-state index contributed by atoms with van der Waals surface area (Å²) in [6.45, 7) is 4.93. The van der Waals surface area contributed by atoms with Crippen molar-refractivity contribution in [2.75, 3.05) is 13.2 Å². The van der Waals surface area contributed by atoms with E-state index in [1.165, 1.54) is 0 Å². The van der Waals surface area contributed by atoms with Crippen LogP contribution in [0.5, 0.6) is 11.5 Å². The first kappa shape index (κ1) is 13.9. The molecule has 2 rings (SSSR count). The highest BCUT2D eigenvalue weighted by atomic mass is 35.5. The van der Waals surface area contributed by atoms with Gasteiger partial charge in [-0.15, -0.1) is 19.0 Å². The van der Waals surface area contributed by atoms with Gasteiger partial charge in [-0.3, -0.25) is 0 Å². The molecule has 0 unspecified atom stereocenters. The summed E-state index contributed by atoms with van der Waals surface area (Å²) in [6.07, 6.45) is 3.72. The van der Waals surface area contributed by atoms with Gasteiger partial charge in [-0.1, -0.05) is 12.1 Å². The van der Waals surface area contributed by atoms with Crippen LogP contribution in [0.3, 0.4) is 0 Å². The number of rotatable bonds is 4. The van der Waals surface area contributed by atoms with Crippen LogP contribution in [0.4, 0.5) is 0 Å². The molecule has 1 aliphatic rings. The second kappa shape index (κ2) is 6.52. The van der Waals surface area contributed by atoms with Crippen molar-refractivity contribution in [2.24, 2.45) is 5.73 Å². The molecule has 0 fully saturated rings. The molecule has 4 heteroatoms. The Labute approximate surface area is 108 Å². The highest BCUT2D eigenvalue weighted by Gasteiger charge is 2.14. The zero-order chi connectivity index (χ0) is 11.4. The third kappa shape index (κ3) is 3.38. The zero-order valence-electron chi connectivity index (χ0n) is 9.72. The van der Waals surface area contributed by atoms with Gasteiger partial charge in [0.05, 0.1) is 0 Å². The smallest absolute Gasteiger partial charge is 0.161 e. The van der Waals surface area contributed by atoms with E-state index < -0.39 is 0 Å². The van der Waals surface area contributed by atoms with Crippen LogP contribution >= 0.6 is 12.4 Å². The number of nitrogens with two attached hydrogens (primary N) is 1. The van der Waals surface area contributed by atoms with Gasteiger partial charge in [0.1, 0.15) is 13.2 Å². The van der Waals surface area contributed by atoms with Gasteiger partial charge < -0.3 is 15.2 Å². The van der Waals surface area contributed by atoms with Gasteiger partial charge in [-0.2, -0.15) is 0 Å². The lowest BCUT2D eigenvalue weighted by Crippen LogP contribution is -2.16. The molecule has 0 saturated carbocycles. The molecular weight excluding hydrogens is 238 g/mol. The predicted octanol–water partition coefficient (Wildman–Crippen LogP) is 2.85. The monoisotopic (exact) mass is 255 g/mol. The maximum absolute atomic E-state index is 6.07. The Bertz CT molecular complexity index is 382. The maximum atomic E-state index is 6.07. The topological polar surface area (TPSA) is 44.5 Å². The van der Waals surface area contributed by atoms with E-state index in [0.717, 1.165) is 29.9 Å². The Hall–Kier alpha value is -1.19. The fourth-order valence-corrected chi connectivity index (χ4v) is 1.75. The first-order valence-electron chi connectivity index (χ1n) is 5.57. The van der Waals surface area contributed by atoms with Gasteiger partial charge in [0.15, 0.2) is 11.5 Å². The molecule has 0 bridgehead atoms. The molecule has 1 aliphatic heterocycles. The van der Waals surface area contributed by atoms with Crippen molar-refractivity contribution in [3.05, 3.63) is 36.4 Å². The van der Waals surface area contributed by atoms with E-state index >= 15 is 0 Å². The van der Waals surface area contributed by atoms with E-state index in [4.69, 9.17) is 15.2 Å². The Morgan fingerprint density at radius 3 is 2.71 bits per heavy atom. The molecule has 2 N–H and O–H groups in total. The largest absolute Gasteiger partial charge is 0.486 e. The second-order valence-electron chi connectivity index (χ2n) is 3.88. The molecule has 1 atom stereocenters. The predicted molar refractivity (Wildman–Crippen MR) is 71.0 cm³/mol. The molecule has 1 aromatic rings. The summed E-state index contributed by atoms with van der Waals surface area (Å²) in [7, 11) is 0. The number of ether oxygens (including phenoxy) is 2. The summed E-state index contributed by atoms with van der Waals surface area (Å²) in [5.41, 5.74) is 7.16. The van der Waals surface area contributed by atoms with E-state index in [-0.39, 0.29) is 18.4 Å². The van der Waals surface area contributed by atoms with Crippen molar-refractivity contribution in [3.8, 4) is 11.5 Å². The van der Waals surface area contributed by atoms with Crippen LogP contribution in [0.15, 0.2) is 30.9 Å². The quantitative estimate of drug-likeness (QED) is 0.842. The first-order valence-corrected chi connectivity index (χ1v) is 5.57. The second-order valence-corrected chi connectivity index (χ2v) is 3.88. The van der Waals surface area contributed by atoms with E-state index in [1.807, 2.05) is 24.3 Å². The van der Waals surface area contributed by atoms with Crippen molar-refractivity contribution in [3.63, 3.8) is 0 Å². The Morgan fingerprint density at radius 2 is 2.00 bits per heavy atom. The molecule has 0 aliphatic carbocycles. The summed E-state index contributed by atoms with van der Waals surface area (Å²) in [5.74, 6) is 1.61. The number of benzene rings is 1. The molecular formula is C13H18ClNO2. The third-order valence-electron chi connectivity index (χ3n) is 2.68. The van der Waals surface area contributed by atoms with Crippen LogP contribution in [0.2, 0.25) is 0 Å². The summed E-state index contributed by atoms with van der Waals surface area (Å²) >= 11 is 0. The summed E-state index contributed by atoms with van der Waals surface area (Å²) < 4.78 is 11.0.